The summed E-state index contributed by atoms with van der Waals surface area (Å²) in [6.07, 6.45) is 0. The maximum atomic E-state index is 12.3. The Morgan fingerprint density at radius 3 is 2.40 bits per heavy atom. The normalized spacial score (nSPS) is 11.7. The lowest BCUT2D eigenvalue weighted by Crippen LogP contribution is -2.11. The van der Waals surface area contributed by atoms with E-state index in [9.17, 15) is 19.7 Å². The number of hydrogen-bond acceptors (Lipinski definition) is 8. The van der Waals surface area contributed by atoms with Crippen LogP contribution in [0.25, 0.3) is 0 Å². The molecule has 0 saturated heterocycles. The highest BCUT2D eigenvalue weighted by Gasteiger charge is 2.21. The predicted molar refractivity (Wildman–Crippen MR) is 82.0 cm³/mol. The van der Waals surface area contributed by atoms with E-state index < -0.39 is 22.5 Å². The third-order valence-corrected chi connectivity index (χ3v) is 3.34. The van der Waals surface area contributed by atoms with Gasteiger partial charge in [-0.2, -0.15) is 0 Å². The van der Waals surface area contributed by atoms with Crippen LogP contribution in [0.5, 0.6) is 17.2 Å². The van der Waals surface area contributed by atoms with Gasteiger partial charge in [0.2, 0.25) is 6.79 Å². The van der Waals surface area contributed by atoms with Crippen LogP contribution in [0.4, 0.5) is 5.69 Å². The SMILES string of the molecule is COC(=O)c1cc(C(=O)Oc2ccc3c(c2)OCO3)cc([N+](=O)[O-])c1. The first-order valence-electron chi connectivity index (χ1n) is 6.97. The third-order valence-electron chi connectivity index (χ3n) is 3.34. The van der Waals surface area contributed by atoms with E-state index in [1.165, 1.54) is 12.1 Å². The molecule has 9 nitrogen and oxygen atoms in total. The van der Waals surface area contributed by atoms with Crippen molar-refractivity contribution in [2.75, 3.05) is 13.9 Å². The molecule has 0 fully saturated rings. The first-order valence-corrected chi connectivity index (χ1v) is 6.97. The number of nitro groups is 1. The van der Waals surface area contributed by atoms with Gasteiger partial charge in [0.25, 0.3) is 5.69 Å². The third kappa shape index (κ3) is 3.34. The Labute approximate surface area is 140 Å². The highest BCUT2D eigenvalue weighted by Crippen LogP contribution is 2.35. The van der Waals surface area contributed by atoms with E-state index in [2.05, 4.69) is 4.74 Å². The van der Waals surface area contributed by atoms with Gasteiger partial charge in [-0.15, -0.1) is 0 Å². The Balaban J connectivity index is 1.89. The molecule has 1 aliphatic heterocycles. The molecule has 2 aromatic carbocycles. The van der Waals surface area contributed by atoms with E-state index in [0.29, 0.717) is 11.5 Å². The van der Waals surface area contributed by atoms with Crippen LogP contribution in [0, 0.1) is 10.1 Å². The van der Waals surface area contributed by atoms with Crippen LogP contribution in [-0.4, -0.2) is 30.8 Å². The zero-order valence-corrected chi connectivity index (χ0v) is 12.9. The molecule has 3 rings (SSSR count). The Morgan fingerprint density at radius 1 is 1.04 bits per heavy atom. The molecule has 0 radical (unpaired) electrons. The minimum Gasteiger partial charge on any atom is -0.465 e. The van der Waals surface area contributed by atoms with Gasteiger partial charge in [-0.3, -0.25) is 10.1 Å². The van der Waals surface area contributed by atoms with Crippen LogP contribution in [-0.2, 0) is 4.74 Å². The zero-order chi connectivity index (χ0) is 18.0. The van der Waals surface area contributed by atoms with Crippen molar-refractivity contribution in [3.05, 3.63) is 57.6 Å². The van der Waals surface area contributed by atoms with Crippen molar-refractivity contribution in [1.82, 2.24) is 0 Å². The fourth-order valence-corrected chi connectivity index (χ4v) is 2.18. The zero-order valence-electron chi connectivity index (χ0n) is 12.9. The van der Waals surface area contributed by atoms with E-state index in [1.54, 1.807) is 6.07 Å². The maximum absolute atomic E-state index is 12.3. The summed E-state index contributed by atoms with van der Waals surface area (Å²) in [4.78, 5) is 34.2. The number of nitro benzene ring substituents is 1. The van der Waals surface area contributed by atoms with Crippen LogP contribution in [0.3, 0.4) is 0 Å². The molecule has 0 N–H and O–H groups in total. The average molecular weight is 345 g/mol. The van der Waals surface area contributed by atoms with E-state index >= 15 is 0 Å². The summed E-state index contributed by atoms with van der Waals surface area (Å²) in [5.41, 5.74) is -0.720. The lowest BCUT2D eigenvalue weighted by Gasteiger charge is -2.07. The lowest BCUT2D eigenvalue weighted by atomic mass is 10.1. The van der Waals surface area contributed by atoms with Gasteiger partial charge in [-0.1, -0.05) is 0 Å². The fraction of sp³-hybridized carbons (Fsp3) is 0.125. The first-order chi connectivity index (χ1) is 12.0. The highest BCUT2D eigenvalue weighted by molar-refractivity contribution is 5.97. The summed E-state index contributed by atoms with van der Waals surface area (Å²) < 4.78 is 20.0. The van der Waals surface area contributed by atoms with Crippen molar-refractivity contribution < 1.29 is 33.5 Å². The molecule has 0 unspecified atom stereocenters. The number of methoxy groups -OCH3 is 1. The molecule has 9 heteroatoms. The Morgan fingerprint density at radius 2 is 1.72 bits per heavy atom. The van der Waals surface area contributed by atoms with Gasteiger partial charge >= 0.3 is 11.9 Å². The second-order valence-corrected chi connectivity index (χ2v) is 4.92. The minimum atomic E-state index is -0.868. The predicted octanol–water partition coefficient (Wildman–Crippen LogP) is 2.33. The highest BCUT2D eigenvalue weighted by atomic mass is 16.7. The van der Waals surface area contributed by atoms with E-state index in [0.717, 1.165) is 25.3 Å². The first kappa shape index (κ1) is 16.2. The quantitative estimate of drug-likeness (QED) is 0.359. The number of rotatable bonds is 4. The molecule has 0 spiro atoms. The second-order valence-electron chi connectivity index (χ2n) is 4.92. The standard InChI is InChI=1S/C16H11NO8/c1-22-15(18)9-4-10(6-11(5-9)17(20)21)16(19)25-12-2-3-13-14(7-12)24-8-23-13/h2-7H,8H2,1H3. The van der Waals surface area contributed by atoms with Gasteiger partial charge in [-0.25, -0.2) is 9.59 Å². The van der Waals surface area contributed by atoms with Gasteiger partial charge in [0.15, 0.2) is 11.5 Å². The molecular formula is C16H11NO8. The number of carbonyl (C=O) groups excluding carboxylic acids is 2. The van der Waals surface area contributed by atoms with Crippen molar-refractivity contribution in [2.45, 2.75) is 0 Å². The van der Waals surface area contributed by atoms with E-state index in [1.807, 2.05) is 0 Å². The van der Waals surface area contributed by atoms with Crippen molar-refractivity contribution in [1.29, 1.82) is 0 Å². The molecule has 1 heterocycles. The van der Waals surface area contributed by atoms with Gasteiger partial charge in [0.05, 0.1) is 23.2 Å². The minimum absolute atomic E-state index is 0.0695. The Kier molecular flexibility index (Phi) is 4.21. The number of hydrogen-bond donors (Lipinski definition) is 0. The molecular weight excluding hydrogens is 334 g/mol. The number of nitrogens with zero attached hydrogens (tertiary/aromatic N) is 1. The Hall–Kier alpha value is -3.62. The molecule has 128 valence electrons. The number of non-ortho nitro benzene ring substituents is 1. The number of ether oxygens (including phenoxy) is 4. The molecule has 0 atom stereocenters. The summed E-state index contributed by atoms with van der Waals surface area (Å²) in [6, 6.07) is 7.71. The number of benzene rings is 2. The fourth-order valence-electron chi connectivity index (χ4n) is 2.18. The summed E-state index contributed by atoms with van der Waals surface area (Å²) in [5, 5.41) is 11.0. The molecule has 0 aliphatic carbocycles. The molecule has 25 heavy (non-hydrogen) atoms. The molecule has 0 bridgehead atoms. The van der Waals surface area contributed by atoms with Crippen molar-refractivity contribution in [3.63, 3.8) is 0 Å². The van der Waals surface area contributed by atoms with Crippen molar-refractivity contribution >= 4 is 17.6 Å². The van der Waals surface area contributed by atoms with Crippen LogP contribution in [0.15, 0.2) is 36.4 Å². The van der Waals surface area contributed by atoms with Crippen LogP contribution < -0.4 is 14.2 Å². The molecule has 0 amide bonds. The van der Waals surface area contributed by atoms with Gasteiger partial charge < -0.3 is 18.9 Å². The van der Waals surface area contributed by atoms with E-state index in [4.69, 9.17) is 14.2 Å². The summed E-state index contributed by atoms with van der Waals surface area (Å²) in [7, 11) is 1.13. The van der Waals surface area contributed by atoms with Gasteiger partial charge in [0.1, 0.15) is 5.75 Å². The largest absolute Gasteiger partial charge is 0.465 e. The molecule has 0 aromatic heterocycles. The van der Waals surface area contributed by atoms with E-state index in [-0.39, 0.29) is 23.7 Å². The second kappa shape index (κ2) is 6.48. The van der Waals surface area contributed by atoms with Crippen molar-refractivity contribution in [2.24, 2.45) is 0 Å². The molecule has 2 aromatic rings. The number of carbonyl (C=O) groups is 2. The van der Waals surface area contributed by atoms with Gasteiger partial charge in [0, 0.05) is 18.2 Å². The van der Waals surface area contributed by atoms with Gasteiger partial charge in [-0.05, 0) is 18.2 Å². The number of esters is 2. The lowest BCUT2D eigenvalue weighted by molar-refractivity contribution is -0.384. The average Bonchev–Trinajstić information content (AvgIpc) is 3.08. The summed E-state index contributed by atoms with van der Waals surface area (Å²) in [6.45, 7) is 0.0695. The topological polar surface area (TPSA) is 114 Å². The smallest absolute Gasteiger partial charge is 0.343 e. The molecule has 1 aliphatic rings. The summed E-state index contributed by atoms with van der Waals surface area (Å²) in [5.74, 6) is -0.573. The van der Waals surface area contributed by atoms with Crippen LogP contribution in [0.2, 0.25) is 0 Å². The number of fused-ring (bicyclic) bond motifs is 1. The van der Waals surface area contributed by atoms with Crippen molar-refractivity contribution in [3.8, 4) is 17.2 Å². The van der Waals surface area contributed by atoms with Crippen LogP contribution in [0.1, 0.15) is 20.7 Å². The maximum Gasteiger partial charge on any atom is 0.343 e. The molecule has 0 saturated carbocycles. The van der Waals surface area contributed by atoms with Crippen LogP contribution >= 0.6 is 0 Å². The monoisotopic (exact) mass is 345 g/mol. The Bertz CT molecular complexity index is 876. The summed E-state index contributed by atoms with van der Waals surface area (Å²) >= 11 is 0.